The van der Waals surface area contributed by atoms with E-state index < -0.39 is 0 Å². The Morgan fingerprint density at radius 2 is 2.00 bits per heavy atom. The number of carbonyl (C=O) groups is 2. The molecule has 2 aliphatic rings. The molecule has 1 saturated heterocycles. The summed E-state index contributed by atoms with van der Waals surface area (Å²) in [6.45, 7) is 2.08. The molecule has 2 aliphatic heterocycles. The Kier molecular flexibility index (Phi) is 4.66. The summed E-state index contributed by atoms with van der Waals surface area (Å²) >= 11 is 0. The van der Waals surface area contributed by atoms with Crippen LogP contribution in [0.2, 0.25) is 0 Å². The predicted octanol–water partition coefficient (Wildman–Crippen LogP) is 2.78. The van der Waals surface area contributed by atoms with Crippen molar-refractivity contribution in [2.24, 2.45) is 0 Å². The van der Waals surface area contributed by atoms with E-state index in [2.05, 4.69) is 5.32 Å². The summed E-state index contributed by atoms with van der Waals surface area (Å²) < 4.78 is 19.8. The number of nitrogens with zero attached hydrogens (tertiary/aromatic N) is 2. The van der Waals surface area contributed by atoms with Crippen molar-refractivity contribution < 1.29 is 18.7 Å². The summed E-state index contributed by atoms with van der Waals surface area (Å²) in [6, 6.07) is 11.5. The van der Waals surface area contributed by atoms with Crippen LogP contribution >= 0.6 is 0 Å². The molecular weight excluding hydrogens is 349 g/mol. The Morgan fingerprint density at radius 1 is 1.15 bits per heavy atom. The topological polar surface area (TPSA) is 61.9 Å². The third kappa shape index (κ3) is 3.45. The van der Waals surface area contributed by atoms with Crippen molar-refractivity contribution in [3.05, 3.63) is 59.4 Å². The Bertz CT molecular complexity index is 887. The van der Waals surface area contributed by atoms with Gasteiger partial charge in [-0.25, -0.2) is 9.18 Å². The number of rotatable bonds is 2. The van der Waals surface area contributed by atoms with E-state index in [-0.39, 0.29) is 24.3 Å². The maximum absolute atomic E-state index is 14.2. The average molecular weight is 369 g/mol. The number of halogens is 1. The van der Waals surface area contributed by atoms with Gasteiger partial charge in [0.05, 0.1) is 13.1 Å². The fourth-order valence-electron chi connectivity index (χ4n) is 3.40. The van der Waals surface area contributed by atoms with Gasteiger partial charge >= 0.3 is 6.03 Å². The molecule has 1 N–H and O–H groups in total. The van der Waals surface area contributed by atoms with Crippen molar-refractivity contribution in [2.45, 2.75) is 13.0 Å². The van der Waals surface area contributed by atoms with Gasteiger partial charge in [-0.2, -0.15) is 0 Å². The van der Waals surface area contributed by atoms with Crippen LogP contribution in [0.5, 0.6) is 5.75 Å². The number of urea groups is 1. The smallest absolute Gasteiger partial charge is 0.321 e. The van der Waals surface area contributed by atoms with Gasteiger partial charge < -0.3 is 15.0 Å². The number of benzene rings is 2. The minimum atomic E-state index is -0.383. The van der Waals surface area contributed by atoms with E-state index in [0.717, 1.165) is 6.42 Å². The minimum absolute atomic E-state index is 0.148. The molecule has 0 radical (unpaired) electrons. The van der Waals surface area contributed by atoms with Crippen LogP contribution in [0.4, 0.5) is 14.9 Å². The highest BCUT2D eigenvalue weighted by molar-refractivity contribution is 5.98. The fraction of sp³-hybridized carbons (Fsp3) is 0.300. The highest BCUT2D eigenvalue weighted by atomic mass is 19.1. The van der Waals surface area contributed by atoms with Gasteiger partial charge in [0.15, 0.2) is 0 Å². The van der Waals surface area contributed by atoms with E-state index in [1.807, 2.05) is 6.07 Å². The van der Waals surface area contributed by atoms with Crippen LogP contribution in [-0.2, 0) is 6.54 Å². The summed E-state index contributed by atoms with van der Waals surface area (Å²) in [5.41, 5.74) is 1.52. The molecule has 27 heavy (non-hydrogen) atoms. The average Bonchev–Trinajstić information content (AvgIpc) is 2.91. The first-order chi connectivity index (χ1) is 13.1. The van der Waals surface area contributed by atoms with Crippen molar-refractivity contribution in [3.63, 3.8) is 0 Å². The second-order valence-electron chi connectivity index (χ2n) is 6.58. The number of fused-ring (bicyclic) bond motifs is 1. The zero-order valence-electron chi connectivity index (χ0n) is 14.8. The largest absolute Gasteiger partial charge is 0.491 e. The lowest BCUT2D eigenvalue weighted by molar-refractivity contribution is 0.0732. The Morgan fingerprint density at radius 3 is 2.85 bits per heavy atom. The molecule has 1 fully saturated rings. The summed E-state index contributed by atoms with van der Waals surface area (Å²) in [7, 11) is 0. The predicted molar refractivity (Wildman–Crippen MR) is 98.4 cm³/mol. The number of hydrogen-bond donors (Lipinski definition) is 1. The molecule has 2 aromatic rings. The molecule has 0 spiro atoms. The fourth-order valence-corrected chi connectivity index (χ4v) is 3.40. The molecule has 7 heteroatoms. The first-order valence-corrected chi connectivity index (χ1v) is 8.98. The van der Waals surface area contributed by atoms with Crippen LogP contribution in [0.15, 0.2) is 42.5 Å². The van der Waals surface area contributed by atoms with Gasteiger partial charge in [-0.15, -0.1) is 0 Å². The number of amides is 3. The molecule has 3 amide bonds. The summed E-state index contributed by atoms with van der Waals surface area (Å²) in [5.74, 6) is -0.121. The summed E-state index contributed by atoms with van der Waals surface area (Å²) in [5, 5.41) is 2.80. The van der Waals surface area contributed by atoms with Gasteiger partial charge in [-0.3, -0.25) is 9.69 Å². The minimum Gasteiger partial charge on any atom is -0.491 e. The first kappa shape index (κ1) is 17.3. The highest BCUT2D eigenvalue weighted by Gasteiger charge is 2.25. The Hall–Kier alpha value is -3.09. The monoisotopic (exact) mass is 369 g/mol. The van der Waals surface area contributed by atoms with Gasteiger partial charge in [-0.1, -0.05) is 12.1 Å². The van der Waals surface area contributed by atoms with E-state index in [0.29, 0.717) is 48.8 Å². The molecule has 0 atom stereocenters. The molecule has 0 unspecified atom stereocenters. The van der Waals surface area contributed by atoms with E-state index >= 15 is 0 Å². The second kappa shape index (κ2) is 7.26. The number of anilines is 1. The van der Waals surface area contributed by atoms with Crippen molar-refractivity contribution in [3.8, 4) is 5.75 Å². The molecular formula is C20H20FN3O3. The summed E-state index contributed by atoms with van der Waals surface area (Å²) in [4.78, 5) is 28.3. The normalized spacial score (nSPS) is 16.9. The van der Waals surface area contributed by atoms with Crippen LogP contribution in [0, 0.1) is 5.82 Å². The van der Waals surface area contributed by atoms with Crippen molar-refractivity contribution in [2.75, 3.05) is 31.1 Å². The number of ether oxygens (including phenoxy) is 1. The third-order valence-corrected chi connectivity index (χ3v) is 4.82. The molecule has 2 heterocycles. The van der Waals surface area contributed by atoms with E-state index in [1.54, 1.807) is 40.1 Å². The molecule has 0 bridgehead atoms. The van der Waals surface area contributed by atoms with Crippen molar-refractivity contribution in [1.29, 1.82) is 0 Å². The first-order valence-electron chi connectivity index (χ1n) is 8.98. The zero-order chi connectivity index (χ0) is 18.8. The molecule has 0 aliphatic carbocycles. The lowest BCUT2D eigenvalue weighted by atomic mass is 10.1. The van der Waals surface area contributed by atoms with Gasteiger partial charge in [0.1, 0.15) is 18.2 Å². The molecule has 6 nitrogen and oxygen atoms in total. The lowest BCUT2D eigenvalue weighted by Gasteiger charge is -2.28. The van der Waals surface area contributed by atoms with Gasteiger partial charge in [-0.05, 0) is 36.8 Å². The van der Waals surface area contributed by atoms with Gasteiger partial charge in [0, 0.05) is 29.9 Å². The van der Waals surface area contributed by atoms with Gasteiger partial charge in [0.25, 0.3) is 5.91 Å². The molecule has 140 valence electrons. The van der Waals surface area contributed by atoms with E-state index in [9.17, 15) is 14.0 Å². The second-order valence-corrected chi connectivity index (χ2v) is 6.58. The maximum Gasteiger partial charge on any atom is 0.321 e. The third-order valence-electron chi connectivity index (χ3n) is 4.82. The van der Waals surface area contributed by atoms with Crippen molar-refractivity contribution >= 4 is 17.6 Å². The van der Waals surface area contributed by atoms with E-state index in [4.69, 9.17) is 4.74 Å². The van der Waals surface area contributed by atoms with Crippen LogP contribution < -0.4 is 15.0 Å². The quantitative estimate of drug-likeness (QED) is 0.886. The number of nitrogens with one attached hydrogen (secondary N) is 1. The molecule has 4 rings (SSSR count). The zero-order valence-corrected chi connectivity index (χ0v) is 14.8. The number of carbonyl (C=O) groups excluding carboxylic acids is 2. The van der Waals surface area contributed by atoms with Crippen molar-refractivity contribution in [1.82, 2.24) is 10.2 Å². The van der Waals surface area contributed by atoms with Crippen LogP contribution in [0.3, 0.4) is 0 Å². The number of hydrogen-bond acceptors (Lipinski definition) is 3. The van der Waals surface area contributed by atoms with Crippen LogP contribution in [-0.4, -0.2) is 43.1 Å². The standard InChI is InChI=1S/C20H20FN3O3/c21-17-6-2-7-18-16(17)13-23(10-11-27-18)19(25)14-4-1-5-15(12-14)24-9-3-8-22-20(24)26/h1-2,4-7,12H,3,8-11,13H2,(H,22,26). The van der Waals surface area contributed by atoms with Crippen LogP contribution in [0.25, 0.3) is 0 Å². The Labute approximate surface area is 156 Å². The summed E-state index contributed by atoms with van der Waals surface area (Å²) in [6.07, 6.45) is 0.851. The SMILES string of the molecule is O=C(c1cccc(N2CCCNC2=O)c1)N1CCOc2cccc(F)c2C1. The van der Waals surface area contributed by atoms with Gasteiger partial charge in [0.2, 0.25) is 0 Å². The van der Waals surface area contributed by atoms with Crippen LogP contribution in [0.1, 0.15) is 22.3 Å². The maximum atomic E-state index is 14.2. The molecule has 0 saturated carbocycles. The lowest BCUT2D eigenvalue weighted by Crippen LogP contribution is -2.46. The Balaban J connectivity index is 1.58. The van der Waals surface area contributed by atoms with E-state index in [1.165, 1.54) is 6.07 Å². The molecule has 0 aromatic heterocycles. The molecule has 2 aromatic carbocycles. The highest BCUT2D eigenvalue weighted by Crippen LogP contribution is 2.27.